The summed E-state index contributed by atoms with van der Waals surface area (Å²) in [6, 6.07) is 6.63. The molecule has 0 spiro atoms. The van der Waals surface area contributed by atoms with Gasteiger partial charge in [0.25, 0.3) is 5.56 Å². The van der Waals surface area contributed by atoms with Crippen molar-refractivity contribution in [1.29, 1.82) is 0 Å². The number of rotatable bonds is 3. The fourth-order valence-corrected chi connectivity index (χ4v) is 5.03. The molecule has 0 saturated carbocycles. The van der Waals surface area contributed by atoms with Crippen LogP contribution in [-0.2, 0) is 14.6 Å². The van der Waals surface area contributed by atoms with Gasteiger partial charge in [-0.05, 0) is 31.2 Å². The van der Waals surface area contributed by atoms with E-state index in [2.05, 4.69) is 27.9 Å². The molecule has 1 aliphatic rings. The number of aromatic nitrogens is 1. The van der Waals surface area contributed by atoms with E-state index in [1.54, 1.807) is 35.0 Å². The van der Waals surface area contributed by atoms with Crippen LogP contribution in [0, 0.1) is 0 Å². The van der Waals surface area contributed by atoms with Crippen molar-refractivity contribution in [2.75, 3.05) is 26.2 Å². The van der Waals surface area contributed by atoms with E-state index in [-0.39, 0.29) is 10.5 Å². The number of nitrogens with zero attached hydrogens (tertiary/aromatic N) is 2. The molecular formula is C15H18IN3O3S. The van der Waals surface area contributed by atoms with E-state index in [0.29, 0.717) is 35.0 Å². The highest BCUT2D eigenvalue weighted by Gasteiger charge is 2.27. The van der Waals surface area contributed by atoms with Gasteiger partial charge < -0.3 is 9.88 Å². The molecule has 2 aromatic rings. The second kappa shape index (κ2) is 6.88. The van der Waals surface area contributed by atoms with E-state index in [4.69, 9.17) is 0 Å². The zero-order chi connectivity index (χ0) is 16.4. The number of alkyl halides is 1. The molecule has 8 heteroatoms. The predicted octanol–water partition coefficient (Wildman–Crippen LogP) is 1.38. The number of sulfonamides is 1. The summed E-state index contributed by atoms with van der Waals surface area (Å²) >= 11 is 2.11. The van der Waals surface area contributed by atoms with E-state index >= 15 is 0 Å². The summed E-state index contributed by atoms with van der Waals surface area (Å²) in [5.41, 5.74) is -0.161. The average Bonchev–Trinajstić information content (AvgIpc) is 2.84. The Morgan fingerprint density at radius 3 is 2.74 bits per heavy atom. The quantitative estimate of drug-likeness (QED) is 0.570. The number of pyridine rings is 1. The molecule has 0 bridgehead atoms. The van der Waals surface area contributed by atoms with Gasteiger partial charge in [-0.25, -0.2) is 8.42 Å². The van der Waals surface area contributed by atoms with Crippen molar-refractivity contribution in [3.8, 4) is 0 Å². The highest BCUT2D eigenvalue weighted by molar-refractivity contribution is 14.1. The summed E-state index contributed by atoms with van der Waals surface area (Å²) in [4.78, 5) is 12.6. The normalized spacial score (nSPS) is 17.3. The number of fused-ring (bicyclic) bond motifs is 1. The third kappa shape index (κ3) is 3.17. The van der Waals surface area contributed by atoms with Crippen LogP contribution in [0.15, 0.2) is 40.2 Å². The standard InChI is InChI=1S/C15H18IN3O3S/c16-11-18-9-5-12-13(15(18)20)3-1-4-14(12)23(21,22)19-8-2-6-17-7-10-19/h1,3-5,9,17H,2,6-8,10-11H2. The Morgan fingerprint density at radius 2 is 1.96 bits per heavy atom. The van der Waals surface area contributed by atoms with Gasteiger partial charge in [-0.3, -0.25) is 4.79 Å². The van der Waals surface area contributed by atoms with E-state index in [1.807, 2.05) is 0 Å². The fourth-order valence-electron chi connectivity index (χ4n) is 2.81. The largest absolute Gasteiger partial charge is 0.315 e. The molecule has 0 radical (unpaired) electrons. The molecule has 1 aromatic heterocycles. The Labute approximate surface area is 148 Å². The zero-order valence-corrected chi connectivity index (χ0v) is 15.5. The molecule has 1 saturated heterocycles. The van der Waals surface area contributed by atoms with Crippen LogP contribution in [0.4, 0.5) is 0 Å². The highest BCUT2D eigenvalue weighted by Crippen LogP contribution is 2.24. The van der Waals surface area contributed by atoms with Gasteiger partial charge in [0.05, 0.1) is 9.45 Å². The lowest BCUT2D eigenvalue weighted by atomic mass is 10.2. The Balaban J connectivity index is 2.15. The molecule has 0 unspecified atom stereocenters. The van der Waals surface area contributed by atoms with Crippen molar-refractivity contribution >= 4 is 43.4 Å². The number of hydrogen-bond acceptors (Lipinski definition) is 4. The highest BCUT2D eigenvalue weighted by atomic mass is 127. The van der Waals surface area contributed by atoms with Gasteiger partial charge in [0.15, 0.2) is 0 Å². The van der Waals surface area contributed by atoms with E-state index in [9.17, 15) is 13.2 Å². The van der Waals surface area contributed by atoms with Crippen molar-refractivity contribution in [1.82, 2.24) is 14.2 Å². The van der Waals surface area contributed by atoms with Gasteiger partial charge in [0.1, 0.15) is 0 Å². The van der Waals surface area contributed by atoms with Gasteiger partial charge in [-0.2, -0.15) is 4.31 Å². The molecular weight excluding hydrogens is 429 g/mol. The first-order chi connectivity index (χ1) is 11.1. The van der Waals surface area contributed by atoms with Crippen LogP contribution in [0.5, 0.6) is 0 Å². The molecule has 1 fully saturated rings. The number of hydrogen-bond donors (Lipinski definition) is 1. The Morgan fingerprint density at radius 1 is 1.13 bits per heavy atom. The molecule has 3 rings (SSSR count). The minimum atomic E-state index is -3.60. The third-order valence-electron chi connectivity index (χ3n) is 4.02. The Bertz CT molecular complexity index is 871. The van der Waals surface area contributed by atoms with Crippen LogP contribution in [0.2, 0.25) is 0 Å². The molecule has 1 aromatic carbocycles. The van der Waals surface area contributed by atoms with Crippen molar-refractivity contribution in [3.05, 3.63) is 40.8 Å². The van der Waals surface area contributed by atoms with Crippen LogP contribution in [0.25, 0.3) is 10.8 Å². The monoisotopic (exact) mass is 447 g/mol. The Kier molecular flexibility index (Phi) is 5.04. The molecule has 2 heterocycles. The predicted molar refractivity (Wildman–Crippen MR) is 98.5 cm³/mol. The van der Waals surface area contributed by atoms with E-state index in [1.165, 1.54) is 4.31 Å². The molecule has 124 valence electrons. The summed E-state index contributed by atoms with van der Waals surface area (Å²) < 4.78 is 29.6. The zero-order valence-electron chi connectivity index (χ0n) is 12.5. The first kappa shape index (κ1) is 16.9. The minimum Gasteiger partial charge on any atom is -0.315 e. The Hall–Kier alpha value is -0.970. The first-order valence-corrected chi connectivity index (χ1v) is 10.4. The summed E-state index contributed by atoms with van der Waals surface area (Å²) in [6.07, 6.45) is 2.44. The fraction of sp³-hybridized carbons (Fsp3) is 0.400. The number of nitrogens with one attached hydrogen (secondary N) is 1. The SMILES string of the molecule is O=c1c2cccc(S(=O)(=O)N3CCCNCC3)c2ccn1CI. The molecule has 0 amide bonds. The molecule has 6 nitrogen and oxygen atoms in total. The van der Waals surface area contributed by atoms with Gasteiger partial charge in [-0.1, -0.05) is 28.7 Å². The van der Waals surface area contributed by atoms with Crippen LogP contribution >= 0.6 is 22.6 Å². The molecule has 1 N–H and O–H groups in total. The maximum atomic E-state index is 13.0. The van der Waals surface area contributed by atoms with Crippen LogP contribution < -0.4 is 10.9 Å². The van der Waals surface area contributed by atoms with Crippen molar-refractivity contribution in [2.24, 2.45) is 0 Å². The maximum absolute atomic E-state index is 13.0. The second-order valence-electron chi connectivity index (χ2n) is 5.44. The van der Waals surface area contributed by atoms with Crippen molar-refractivity contribution in [2.45, 2.75) is 15.9 Å². The lowest BCUT2D eigenvalue weighted by Crippen LogP contribution is -2.34. The molecule has 0 aliphatic carbocycles. The van der Waals surface area contributed by atoms with Gasteiger partial charge >= 0.3 is 0 Å². The number of halogens is 1. The summed E-state index contributed by atoms with van der Waals surface area (Å²) in [5.74, 6) is 0. The summed E-state index contributed by atoms with van der Waals surface area (Å²) in [7, 11) is -3.60. The van der Waals surface area contributed by atoms with Gasteiger partial charge in [-0.15, -0.1) is 0 Å². The van der Waals surface area contributed by atoms with Crippen LogP contribution in [-0.4, -0.2) is 43.5 Å². The topological polar surface area (TPSA) is 71.4 Å². The van der Waals surface area contributed by atoms with Gasteiger partial charge in [0, 0.05) is 36.6 Å². The van der Waals surface area contributed by atoms with E-state index in [0.717, 1.165) is 13.0 Å². The molecule has 1 aliphatic heterocycles. The van der Waals surface area contributed by atoms with Crippen molar-refractivity contribution < 1.29 is 8.42 Å². The smallest absolute Gasteiger partial charge is 0.259 e. The van der Waals surface area contributed by atoms with Gasteiger partial charge in [0.2, 0.25) is 10.0 Å². The average molecular weight is 447 g/mol. The molecule has 23 heavy (non-hydrogen) atoms. The maximum Gasteiger partial charge on any atom is 0.259 e. The second-order valence-corrected chi connectivity index (χ2v) is 8.02. The lowest BCUT2D eigenvalue weighted by molar-refractivity contribution is 0.432. The van der Waals surface area contributed by atoms with E-state index < -0.39 is 10.0 Å². The number of benzene rings is 1. The summed E-state index contributed by atoms with van der Waals surface area (Å²) in [5, 5.41) is 4.14. The lowest BCUT2D eigenvalue weighted by Gasteiger charge is -2.20. The minimum absolute atomic E-state index is 0.161. The van der Waals surface area contributed by atoms with Crippen molar-refractivity contribution in [3.63, 3.8) is 0 Å². The third-order valence-corrected chi connectivity index (χ3v) is 6.72. The molecule has 0 atom stereocenters. The van der Waals surface area contributed by atoms with Crippen LogP contribution in [0.3, 0.4) is 0 Å². The summed E-state index contributed by atoms with van der Waals surface area (Å²) in [6.45, 7) is 2.41. The van der Waals surface area contributed by atoms with Crippen LogP contribution in [0.1, 0.15) is 6.42 Å². The first-order valence-electron chi connectivity index (χ1n) is 7.45.